The highest BCUT2D eigenvalue weighted by atomic mass is 16.5. The molecule has 5 heteroatoms. The Morgan fingerprint density at radius 3 is 1.96 bits per heavy atom. The topological polar surface area (TPSA) is 75.6 Å². The summed E-state index contributed by atoms with van der Waals surface area (Å²) in [4.78, 5) is 25.1. The normalized spacial score (nSPS) is 28.3. The minimum absolute atomic E-state index is 0.212. The first-order valence-corrected chi connectivity index (χ1v) is 9.97. The van der Waals surface area contributed by atoms with Gasteiger partial charge in [-0.15, -0.1) is 0 Å². The third-order valence-electron chi connectivity index (χ3n) is 6.54. The third kappa shape index (κ3) is 2.73. The van der Waals surface area contributed by atoms with E-state index in [9.17, 15) is 14.7 Å². The van der Waals surface area contributed by atoms with Crippen molar-refractivity contribution in [1.82, 2.24) is 5.32 Å². The van der Waals surface area contributed by atoms with Gasteiger partial charge in [0.1, 0.15) is 0 Å². The molecule has 5 rings (SSSR count). The molecule has 144 valence electrons. The second-order valence-electron chi connectivity index (χ2n) is 8.02. The fourth-order valence-electron chi connectivity index (χ4n) is 5.24. The van der Waals surface area contributed by atoms with Crippen molar-refractivity contribution in [2.75, 3.05) is 0 Å². The molecule has 0 saturated carbocycles. The minimum atomic E-state index is -0.936. The Hall–Kier alpha value is -2.66. The number of fused-ring (bicyclic) bond motifs is 4. The van der Waals surface area contributed by atoms with E-state index >= 15 is 0 Å². The number of nitrogens with one attached hydrogen (secondary N) is 1. The van der Waals surface area contributed by atoms with Crippen LogP contribution in [-0.4, -0.2) is 29.2 Å². The fourth-order valence-corrected chi connectivity index (χ4v) is 5.24. The van der Waals surface area contributed by atoms with Crippen LogP contribution >= 0.6 is 0 Å². The molecule has 2 fully saturated rings. The number of carboxylic acids is 1. The molecule has 2 aromatic rings. The van der Waals surface area contributed by atoms with Crippen molar-refractivity contribution in [2.45, 2.75) is 43.9 Å². The van der Waals surface area contributed by atoms with E-state index in [0.29, 0.717) is 0 Å². The lowest BCUT2D eigenvalue weighted by Crippen LogP contribution is -2.45. The monoisotopic (exact) mass is 377 g/mol. The summed E-state index contributed by atoms with van der Waals surface area (Å²) < 4.78 is 5.79. The maximum Gasteiger partial charge on any atom is 0.310 e. The summed E-state index contributed by atoms with van der Waals surface area (Å²) >= 11 is 0. The van der Waals surface area contributed by atoms with Gasteiger partial charge in [-0.05, 0) is 47.9 Å². The molecule has 3 aliphatic rings. The van der Waals surface area contributed by atoms with Crippen LogP contribution in [0.1, 0.15) is 41.1 Å². The molecule has 1 aliphatic carbocycles. The summed E-state index contributed by atoms with van der Waals surface area (Å²) in [5.74, 6) is -2.53. The van der Waals surface area contributed by atoms with Crippen molar-refractivity contribution >= 4 is 11.9 Å². The summed E-state index contributed by atoms with van der Waals surface area (Å²) in [5.41, 5.74) is 4.64. The minimum Gasteiger partial charge on any atom is -0.481 e. The number of hydrogen-bond acceptors (Lipinski definition) is 3. The van der Waals surface area contributed by atoms with Crippen LogP contribution in [0.15, 0.2) is 48.5 Å². The first kappa shape index (κ1) is 17.4. The van der Waals surface area contributed by atoms with Gasteiger partial charge in [-0.2, -0.15) is 0 Å². The van der Waals surface area contributed by atoms with Gasteiger partial charge in [0, 0.05) is 0 Å². The summed E-state index contributed by atoms with van der Waals surface area (Å²) in [6.07, 6.45) is 2.70. The summed E-state index contributed by atoms with van der Waals surface area (Å²) in [7, 11) is 0. The van der Waals surface area contributed by atoms with Gasteiger partial charge in [0.2, 0.25) is 5.91 Å². The van der Waals surface area contributed by atoms with Crippen molar-refractivity contribution in [3.63, 3.8) is 0 Å². The molecule has 28 heavy (non-hydrogen) atoms. The Morgan fingerprint density at radius 2 is 1.39 bits per heavy atom. The van der Waals surface area contributed by atoms with Gasteiger partial charge in [0.05, 0.1) is 30.1 Å². The van der Waals surface area contributed by atoms with Gasteiger partial charge < -0.3 is 15.2 Å². The zero-order valence-corrected chi connectivity index (χ0v) is 15.5. The molecule has 0 aromatic heterocycles. The van der Waals surface area contributed by atoms with Crippen LogP contribution < -0.4 is 5.32 Å². The highest BCUT2D eigenvalue weighted by Crippen LogP contribution is 2.44. The smallest absolute Gasteiger partial charge is 0.310 e. The molecule has 0 radical (unpaired) electrons. The number of carbonyl (C=O) groups is 2. The van der Waals surface area contributed by atoms with Crippen molar-refractivity contribution < 1.29 is 19.4 Å². The summed E-state index contributed by atoms with van der Waals surface area (Å²) in [6.45, 7) is 0. The van der Waals surface area contributed by atoms with Gasteiger partial charge in [0.25, 0.3) is 0 Å². The predicted molar refractivity (Wildman–Crippen MR) is 103 cm³/mol. The molecular weight excluding hydrogens is 354 g/mol. The maximum absolute atomic E-state index is 13.3. The molecule has 0 unspecified atom stereocenters. The van der Waals surface area contributed by atoms with Gasteiger partial charge in [0.15, 0.2) is 0 Å². The van der Waals surface area contributed by atoms with E-state index in [1.54, 1.807) is 0 Å². The zero-order chi connectivity index (χ0) is 19.3. The highest BCUT2D eigenvalue weighted by Gasteiger charge is 2.55. The Morgan fingerprint density at radius 1 is 0.857 bits per heavy atom. The number of rotatable bonds is 3. The van der Waals surface area contributed by atoms with Crippen molar-refractivity contribution in [3.05, 3.63) is 70.8 Å². The van der Waals surface area contributed by atoms with Crippen LogP contribution in [0.2, 0.25) is 0 Å². The summed E-state index contributed by atoms with van der Waals surface area (Å²) in [5, 5.41) is 12.9. The molecular formula is C23H23NO4. The lowest BCUT2D eigenvalue weighted by atomic mass is 9.78. The van der Waals surface area contributed by atoms with E-state index < -0.39 is 17.8 Å². The van der Waals surface area contributed by atoms with Gasteiger partial charge >= 0.3 is 5.97 Å². The lowest BCUT2D eigenvalue weighted by molar-refractivity contribution is -0.148. The van der Waals surface area contributed by atoms with E-state index in [1.165, 1.54) is 11.1 Å². The van der Waals surface area contributed by atoms with Gasteiger partial charge in [-0.3, -0.25) is 9.59 Å². The molecule has 2 heterocycles. The van der Waals surface area contributed by atoms with Crippen LogP contribution in [0, 0.1) is 11.8 Å². The number of carbonyl (C=O) groups excluding carboxylic acids is 1. The summed E-state index contributed by atoms with van der Waals surface area (Å²) in [6, 6.07) is 16.1. The largest absolute Gasteiger partial charge is 0.481 e. The number of carboxylic acid groups (broad SMARTS) is 1. The molecule has 2 bridgehead atoms. The molecule has 0 spiro atoms. The van der Waals surface area contributed by atoms with E-state index in [2.05, 4.69) is 29.6 Å². The SMILES string of the molecule is O=C(O)[C@@H]1[C@H](C(=O)NC2c3ccccc3CCc3ccccc32)[C@H]2CC[C@H]1O2. The number of benzene rings is 2. The standard InChI is InChI=1S/C23H23NO4/c25-22(19-17-11-12-18(28-17)20(19)23(26)27)24-21-15-7-3-1-5-13(15)9-10-14-6-2-4-8-16(14)21/h1-8,17-21H,9-12H2,(H,24,25)(H,26,27)/t17-,18-,19-,20+/m1/s1. The first-order valence-electron chi connectivity index (χ1n) is 9.97. The second kappa shape index (κ2) is 6.74. The van der Waals surface area contributed by atoms with Crippen LogP contribution in [-0.2, 0) is 27.2 Å². The third-order valence-corrected chi connectivity index (χ3v) is 6.54. The van der Waals surface area contributed by atoms with Crippen molar-refractivity contribution in [2.24, 2.45) is 11.8 Å². The Bertz CT molecular complexity index is 892. The van der Waals surface area contributed by atoms with Crippen LogP contribution in [0.4, 0.5) is 0 Å². The van der Waals surface area contributed by atoms with Crippen molar-refractivity contribution in [1.29, 1.82) is 0 Å². The molecule has 4 atom stereocenters. The average Bonchev–Trinajstić information content (AvgIpc) is 3.29. The first-order chi connectivity index (χ1) is 13.6. The van der Waals surface area contributed by atoms with Crippen LogP contribution in [0.3, 0.4) is 0 Å². The molecule has 2 aromatic carbocycles. The predicted octanol–water partition coefficient (Wildman–Crippen LogP) is 2.87. The number of aryl methyl sites for hydroxylation is 2. The number of hydrogen-bond donors (Lipinski definition) is 2. The second-order valence-corrected chi connectivity index (χ2v) is 8.02. The highest BCUT2D eigenvalue weighted by molar-refractivity contribution is 5.87. The number of amides is 1. The van der Waals surface area contributed by atoms with Crippen LogP contribution in [0.25, 0.3) is 0 Å². The van der Waals surface area contributed by atoms with Gasteiger partial charge in [-0.25, -0.2) is 0 Å². The Kier molecular flexibility index (Phi) is 4.20. The molecule has 5 nitrogen and oxygen atoms in total. The zero-order valence-electron chi connectivity index (χ0n) is 15.5. The lowest BCUT2D eigenvalue weighted by Gasteiger charge is -2.28. The molecule has 2 aliphatic heterocycles. The molecule has 2 saturated heterocycles. The Balaban J connectivity index is 1.51. The molecule has 2 N–H and O–H groups in total. The van der Waals surface area contributed by atoms with Gasteiger partial charge in [-0.1, -0.05) is 48.5 Å². The van der Waals surface area contributed by atoms with E-state index in [-0.39, 0.29) is 24.2 Å². The quantitative estimate of drug-likeness (QED) is 0.862. The van der Waals surface area contributed by atoms with E-state index in [0.717, 1.165) is 36.8 Å². The number of aliphatic carboxylic acids is 1. The Labute approximate surface area is 163 Å². The maximum atomic E-state index is 13.3. The number of ether oxygens (including phenoxy) is 1. The fraction of sp³-hybridized carbons (Fsp3) is 0.391. The molecule has 1 amide bonds. The van der Waals surface area contributed by atoms with E-state index in [1.807, 2.05) is 24.3 Å². The van der Waals surface area contributed by atoms with Crippen LogP contribution in [0.5, 0.6) is 0 Å². The van der Waals surface area contributed by atoms with Crippen molar-refractivity contribution in [3.8, 4) is 0 Å². The average molecular weight is 377 g/mol. The van der Waals surface area contributed by atoms with E-state index in [4.69, 9.17) is 4.74 Å².